The number of carbonyl (C=O) groups is 1. The molecule has 0 radical (unpaired) electrons. The van der Waals surface area contributed by atoms with E-state index in [-0.39, 0.29) is 5.69 Å². The Kier molecular flexibility index (Phi) is 5.47. The third kappa shape index (κ3) is 3.71. The molecule has 33 heavy (non-hydrogen) atoms. The summed E-state index contributed by atoms with van der Waals surface area (Å²) in [7, 11) is 3.71. The zero-order chi connectivity index (χ0) is 23.1. The molecule has 0 spiro atoms. The van der Waals surface area contributed by atoms with Crippen molar-refractivity contribution in [3.05, 3.63) is 70.5 Å². The van der Waals surface area contributed by atoms with E-state index >= 15 is 0 Å². The van der Waals surface area contributed by atoms with E-state index in [1.54, 1.807) is 19.2 Å². The molecular weight excluding hydrogens is 439 g/mol. The van der Waals surface area contributed by atoms with Gasteiger partial charge in [0.05, 0.1) is 18.5 Å². The Balaban J connectivity index is 1.72. The van der Waals surface area contributed by atoms with Gasteiger partial charge in [-0.05, 0) is 30.8 Å². The lowest BCUT2D eigenvalue weighted by atomic mass is 9.91. The summed E-state index contributed by atoms with van der Waals surface area (Å²) in [6.07, 6.45) is 0.804. The number of nitrogens with one attached hydrogen (secondary N) is 1. The van der Waals surface area contributed by atoms with Crippen LogP contribution in [0.3, 0.4) is 0 Å². The monoisotopic (exact) mass is 462 g/mol. The number of benzene rings is 2. The van der Waals surface area contributed by atoms with Gasteiger partial charge in [0.15, 0.2) is 0 Å². The van der Waals surface area contributed by atoms with Gasteiger partial charge in [-0.25, -0.2) is 9.37 Å². The van der Waals surface area contributed by atoms with Crippen molar-refractivity contribution in [2.45, 2.75) is 13.0 Å². The molecule has 1 aliphatic heterocycles. The molecule has 168 valence electrons. The van der Waals surface area contributed by atoms with Crippen LogP contribution in [-0.2, 0) is 13.0 Å². The third-order valence-electron chi connectivity index (χ3n) is 5.93. The first-order chi connectivity index (χ1) is 16.0. The van der Waals surface area contributed by atoms with Gasteiger partial charge in [0, 0.05) is 41.7 Å². The fraction of sp³-hybridized carbons (Fsp3) is 0.200. The quantitative estimate of drug-likeness (QED) is 0.449. The first-order valence-electron chi connectivity index (χ1n) is 10.6. The van der Waals surface area contributed by atoms with Crippen molar-refractivity contribution in [3.8, 4) is 16.9 Å². The lowest BCUT2D eigenvalue weighted by Crippen LogP contribution is -2.28. The van der Waals surface area contributed by atoms with E-state index < -0.39 is 11.7 Å². The number of halogens is 1. The van der Waals surface area contributed by atoms with Gasteiger partial charge < -0.3 is 20.7 Å². The molecular formula is C25H23FN4O2S. The summed E-state index contributed by atoms with van der Waals surface area (Å²) in [6.45, 7) is 1.62. The second-order valence-electron chi connectivity index (χ2n) is 8.06. The number of para-hydroxylation sites is 2. The van der Waals surface area contributed by atoms with Crippen molar-refractivity contribution in [1.29, 1.82) is 0 Å². The number of hydrogen-bond donors (Lipinski definition) is 2. The molecule has 1 amide bonds. The minimum Gasteiger partial charge on any atom is -0.496 e. The number of anilines is 2. The first kappa shape index (κ1) is 21.4. The number of amides is 1. The molecule has 2 aromatic carbocycles. The lowest BCUT2D eigenvalue weighted by Gasteiger charge is -2.27. The number of nitrogens with two attached hydrogens (primary N) is 1. The number of nitrogens with zero attached hydrogens (tertiary/aromatic N) is 2. The summed E-state index contributed by atoms with van der Waals surface area (Å²) in [5.41, 5.74) is 11.0. The Morgan fingerprint density at radius 3 is 2.76 bits per heavy atom. The van der Waals surface area contributed by atoms with Gasteiger partial charge in [-0.2, -0.15) is 0 Å². The van der Waals surface area contributed by atoms with Crippen LogP contribution >= 0.6 is 11.3 Å². The van der Waals surface area contributed by atoms with Gasteiger partial charge in [-0.3, -0.25) is 4.79 Å². The van der Waals surface area contributed by atoms with Crippen molar-refractivity contribution in [2.75, 3.05) is 31.8 Å². The van der Waals surface area contributed by atoms with Gasteiger partial charge in [0.25, 0.3) is 5.91 Å². The van der Waals surface area contributed by atoms with Crippen molar-refractivity contribution < 1.29 is 13.9 Å². The van der Waals surface area contributed by atoms with Crippen LogP contribution in [0, 0.1) is 5.82 Å². The van der Waals surface area contributed by atoms with Crippen molar-refractivity contribution >= 4 is 38.8 Å². The molecule has 3 N–H and O–H groups in total. The summed E-state index contributed by atoms with van der Waals surface area (Å²) in [5, 5.41) is 3.38. The van der Waals surface area contributed by atoms with Crippen LogP contribution in [-0.4, -0.2) is 36.5 Å². The molecule has 6 nitrogen and oxygen atoms in total. The molecule has 8 heteroatoms. The van der Waals surface area contributed by atoms with E-state index in [4.69, 9.17) is 15.5 Å². The van der Waals surface area contributed by atoms with Crippen LogP contribution in [0.2, 0.25) is 0 Å². The van der Waals surface area contributed by atoms with Crippen molar-refractivity contribution in [3.63, 3.8) is 0 Å². The topological polar surface area (TPSA) is 80.5 Å². The van der Waals surface area contributed by atoms with E-state index in [9.17, 15) is 9.18 Å². The van der Waals surface area contributed by atoms with Gasteiger partial charge in [-0.15, -0.1) is 11.3 Å². The van der Waals surface area contributed by atoms with Gasteiger partial charge in [0.1, 0.15) is 21.3 Å². The van der Waals surface area contributed by atoms with E-state index in [0.717, 1.165) is 53.0 Å². The number of carbonyl (C=O) groups excluding carboxylic acids is 1. The molecule has 0 saturated carbocycles. The number of fused-ring (bicyclic) bond motifs is 2. The maximum atomic E-state index is 14.1. The second kappa shape index (κ2) is 8.46. The van der Waals surface area contributed by atoms with Crippen LogP contribution in [0.15, 0.2) is 48.5 Å². The number of rotatable bonds is 4. The number of methoxy groups -OCH3 is 1. The number of nitrogen functional groups attached to an aromatic ring is 1. The molecule has 0 aliphatic carbocycles. The van der Waals surface area contributed by atoms with Crippen molar-refractivity contribution in [2.24, 2.45) is 0 Å². The fourth-order valence-corrected chi connectivity index (χ4v) is 5.34. The largest absolute Gasteiger partial charge is 0.496 e. The minimum absolute atomic E-state index is 0.109. The van der Waals surface area contributed by atoms with Crippen LogP contribution in [0.4, 0.5) is 15.8 Å². The number of likely N-dealkylation sites (N-methyl/N-ethyl adjacent to an activating group) is 1. The number of aromatic nitrogens is 1. The van der Waals surface area contributed by atoms with Crippen molar-refractivity contribution in [1.82, 2.24) is 9.88 Å². The second-order valence-corrected chi connectivity index (χ2v) is 9.06. The predicted octanol–water partition coefficient (Wildman–Crippen LogP) is 4.93. The number of ether oxygens (including phenoxy) is 1. The maximum Gasteiger partial charge on any atom is 0.268 e. The number of hydrogen-bond acceptors (Lipinski definition) is 6. The van der Waals surface area contributed by atoms with E-state index in [1.165, 1.54) is 23.5 Å². The Morgan fingerprint density at radius 1 is 1.21 bits per heavy atom. The maximum absolute atomic E-state index is 14.1. The summed E-state index contributed by atoms with van der Waals surface area (Å²) >= 11 is 1.23. The SMILES string of the molecule is COc1ccccc1-c1c2c(nc3sc(C(=O)Nc4ccccc4F)c(N)c13)CCN(C)C2. The first-order valence-corrected chi connectivity index (χ1v) is 11.4. The Labute approximate surface area is 194 Å². The van der Waals surface area contributed by atoms with Gasteiger partial charge in [0.2, 0.25) is 0 Å². The summed E-state index contributed by atoms with van der Waals surface area (Å²) in [6, 6.07) is 13.8. The average Bonchev–Trinajstić information content (AvgIpc) is 3.15. The molecule has 0 unspecified atom stereocenters. The Hall–Kier alpha value is -3.49. The highest BCUT2D eigenvalue weighted by Crippen LogP contribution is 2.45. The molecule has 3 heterocycles. The van der Waals surface area contributed by atoms with E-state index in [1.807, 2.05) is 24.3 Å². The lowest BCUT2D eigenvalue weighted by molar-refractivity contribution is 0.103. The standard InChI is InChI=1S/C25H23FN4O2S/c1-30-12-11-17-15(13-30)20(14-7-3-6-10-19(14)32-2)21-22(27)23(33-25(21)29-17)24(31)28-18-9-5-4-8-16(18)26/h3-10H,11-13,27H2,1-2H3,(H,28,31). The highest BCUT2D eigenvalue weighted by Gasteiger charge is 2.28. The highest BCUT2D eigenvalue weighted by atomic mass is 32.1. The van der Waals surface area contributed by atoms with Crippen LogP contribution in [0.5, 0.6) is 5.75 Å². The molecule has 0 saturated heterocycles. The molecule has 0 bridgehead atoms. The summed E-state index contributed by atoms with van der Waals surface area (Å²) in [4.78, 5) is 21.2. The average molecular weight is 463 g/mol. The van der Waals surface area contributed by atoms with Crippen LogP contribution < -0.4 is 15.8 Å². The van der Waals surface area contributed by atoms with E-state index in [2.05, 4.69) is 17.3 Å². The molecule has 0 fully saturated rings. The molecule has 4 aromatic rings. The van der Waals surface area contributed by atoms with E-state index in [0.29, 0.717) is 15.4 Å². The molecule has 2 aromatic heterocycles. The Bertz CT molecular complexity index is 1380. The molecule has 5 rings (SSSR count). The number of pyridine rings is 1. The summed E-state index contributed by atoms with van der Waals surface area (Å²) < 4.78 is 19.8. The number of thiophene rings is 1. The zero-order valence-corrected chi connectivity index (χ0v) is 19.1. The van der Waals surface area contributed by atoms with Gasteiger partial charge >= 0.3 is 0 Å². The molecule has 0 atom stereocenters. The normalized spacial score (nSPS) is 13.7. The third-order valence-corrected chi connectivity index (χ3v) is 7.02. The smallest absolute Gasteiger partial charge is 0.268 e. The van der Waals surface area contributed by atoms with Crippen LogP contribution in [0.25, 0.3) is 21.3 Å². The molecule has 1 aliphatic rings. The minimum atomic E-state index is -0.503. The Morgan fingerprint density at radius 2 is 1.97 bits per heavy atom. The van der Waals surface area contributed by atoms with Crippen LogP contribution in [0.1, 0.15) is 20.9 Å². The fourth-order valence-electron chi connectivity index (χ4n) is 4.32. The zero-order valence-electron chi connectivity index (χ0n) is 18.3. The summed E-state index contributed by atoms with van der Waals surface area (Å²) in [5.74, 6) is -0.234. The highest BCUT2D eigenvalue weighted by molar-refractivity contribution is 7.21. The predicted molar refractivity (Wildman–Crippen MR) is 130 cm³/mol. The van der Waals surface area contributed by atoms with Gasteiger partial charge in [-0.1, -0.05) is 30.3 Å².